The molecule has 0 aliphatic rings. The SMILES string of the molecule is O=C(CCOCC(F)(F)F)Nc1cc(Cl)ccc1Br. The Balaban J connectivity index is 2.37. The third-order valence-corrected chi connectivity index (χ3v) is 2.87. The minimum atomic E-state index is -4.38. The molecule has 3 nitrogen and oxygen atoms in total. The highest BCUT2D eigenvalue weighted by Gasteiger charge is 2.27. The number of halogens is 5. The van der Waals surface area contributed by atoms with E-state index in [0.717, 1.165) is 0 Å². The average molecular weight is 361 g/mol. The van der Waals surface area contributed by atoms with Gasteiger partial charge < -0.3 is 10.1 Å². The number of rotatable bonds is 5. The van der Waals surface area contributed by atoms with Gasteiger partial charge in [-0.1, -0.05) is 11.6 Å². The van der Waals surface area contributed by atoms with Crippen molar-refractivity contribution in [1.29, 1.82) is 0 Å². The van der Waals surface area contributed by atoms with Crippen LogP contribution in [0.25, 0.3) is 0 Å². The first-order valence-electron chi connectivity index (χ1n) is 5.17. The van der Waals surface area contributed by atoms with Crippen molar-refractivity contribution < 1.29 is 22.7 Å². The Labute approximate surface area is 121 Å². The predicted octanol–water partition coefficient (Wildman–Crippen LogP) is 4.01. The highest BCUT2D eigenvalue weighted by atomic mass is 79.9. The molecule has 0 aromatic heterocycles. The minimum Gasteiger partial charge on any atom is -0.372 e. The normalized spacial score (nSPS) is 11.4. The maximum atomic E-state index is 11.8. The highest BCUT2D eigenvalue weighted by molar-refractivity contribution is 9.10. The first kappa shape index (κ1) is 16.3. The van der Waals surface area contributed by atoms with Crippen LogP contribution in [0.1, 0.15) is 6.42 Å². The van der Waals surface area contributed by atoms with E-state index in [-0.39, 0.29) is 13.0 Å². The standard InChI is InChI=1S/C11H10BrClF3NO2/c12-8-2-1-7(13)5-9(8)17-10(18)3-4-19-6-11(14,15)16/h1-2,5H,3-4,6H2,(H,17,18). The van der Waals surface area contributed by atoms with Crippen LogP contribution >= 0.6 is 27.5 Å². The number of hydrogen-bond donors (Lipinski definition) is 1. The van der Waals surface area contributed by atoms with E-state index in [4.69, 9.17) is 11.6 Å². The van der Waals surface area contributed by atoms with E-state index < -0.39 is 18.7 Å². The third-order valence-electron chi connectivity index (χ3n) is 1.94. The van der Waals surface area contributed by atoms with Crippen LogP contribution in [0.15, 0.2) is 22.7 Å². The van der Waals surface area contributed by atoms with Gasteiger partial charge in [-0.3, -0.25) is 4.79 Å². The highest BCUT2D eigenvalue weighted by Crippen LogP contribution is 2.25. The van der Waals surface area contributed by atoms with Crippen molar-refractivity contribution in [1.82, 2.24) is 0 Å². The summed E-state index contributed by atoms with van der Waals surface area (Å²) in [6, 6.07) is 4.81. The molecule has 0 spiro atoms. The molecule has 0 unspecified atom stereocenters. The van der Waals surface area contributed by atoms with Gasteiger partial charge >= 0.3 is 6.18 Å². The fourth-order valence-corrected chi connectivity index (χ4v) is 1.68. The summed E-state index contributed by atoms with van der Waals surface area (Å²) in [4.78, 5) is 11.5. The maximum Gasteiger partial charge on any atom is 0.411 e. The van der Waals surface area contributed by atoms with E-state index >= 15 is 0 Å². The topological polar surface area (TPSA) is 38.3 Å². The van der Waals surface area contributed by atoms with Crippen LogP contribution in [0.2, 0.25) is 5.02 Å². The minimum absolute atomic E-state index is 0.172. The lowest BCUT2D eigenvalue weighted by molar-refractivity contribution is -0.174. The molecule has 0 aliphatic heterocycles. The Kier molecular flexibility index (Phi) is 6.09. The Morgan fingerprint density at radius 1 is 1.42 bits per heavy atom. The van der Waals surface area contributed by atoms with Gasteiger partial charge in [0, 0.05) is 9.50 Å². The van der Waals surface area contributed by atoms with Gasteiger partial charge in [0.15, 0.2) is 0 Å². The van der Waals surface area contributed by atoms with Crippen LogP contribution in [0.5, 0.6) is 0 Å². The zero-order chi connectivity index (χ0) is 14.5. The fraction of sp³-hybridized carbons (Fsp3) is 0.364. The number of carbonyl (C=O) groups is 1. The third kappa shape index (κ3) is 6.79. The van der Waals surface area contributed by atoms with Gasteiger partial charge in [0.05, 0.1) is 18.7 Å². The lowest BCUT2D eigenvalue weighted by atomic mass is 10.3. The maximum absolute atomic E-state index is 11.8. The van der Waals surface area contributed by atoms with Crippen LogP contribution in [0.4, 0.5) is 18.9 Å². The van der Waals surface area contributed by atoms with Crippen molar-refractivity contribution in [2.75, 3.05) is 18.5 Å². The molecule has 1 rings (SSSR count). The van der Waals surface area contributed by atoms with E-state index in [1.807, 2.05) is 0 Å². The van der Waals surface area contributed by atoms with Gasteiger partial charge in [0.25, 0.3) is 0 Å². The molecule has 1 aromatic rings. The molecule has 0 fully saturated rings. The summed E-state index contributed by atoms with van der Waals surface area (Å²) in [5.41, 5.74) is 0.452. The van der Waals surface area contributed by atoms with Crippen molar-refractivity contribution in [2.45, 2.75) is 12.6 Å². The second-order valence-electron chi connectivity index (χ2n) is 3.59. The van der Waals surface area contributed by atoms with E-state index in [0.29, 0.717) is 15.2 Å². The summed E-state index contributed by atoms with van der Waals surface area (Å²) < 4.78 is 40.3. The van der Waals surface area contributed by atoms with Crippen molar-refractivity contribution >= 4 is 39.1 Å². The monoisotopic (exact) mass is 359 g/mol. The largest absolute Gasteiger partial charge is 0.411 e. The van der Waals surface area contributed by atoms with Gasteiger partial charge in [-0.15, -0.1) is 0 Å². The summed E-state index contributed by atoms with van der Waals surface area (Å²) >= 11 is 8.97. The second-order valence-corrected chi connectivity index (χ2v) is 4.88. The summed E-state index contributed by atoms with van der Waals surface area (Å²) in [5.74, 6) is -0.454. The average Bonchev–Trinajstić information content (AvgIpc) is 2.28. The summed E-state index contributed by atoms with van der Waals surface area (Å²) in [6.45, 7) is -1.66. The smallest absolute Gasteiger partial charge is 0.372 e. The van der Waals surface area contributed by atoms with E-state index in [2.05, 4.69) is 26.0 Å². The Morgan fingerprint density at radius 2 is 2.11 bits per heavy atom. The van der Waals surface area contributed by atoms with Crippen LogP contribution < -0.4 is 5.32 Å². The molecule has 1 amide bonds. The fourth-order valence-electron chi connectivity index (χ4n) is 1.16. The van der Waals surface area contributed by atoms with E-state index in [9.17, 15) is 18.0 Å². The zero-order valence-corrected chi connectivity index (χ0v) is 11.9. The number of ether oxygens (including phenoxy) is 1. The molecule has 1 aromatic carbocycles. The lowest BCUT2D eigenvalue weighted by Gasteiger charge is -2.09. The van der Waals surface area contributed by atoms with Crippen molar-refractivity contribution in [3.05, 3.63) is 27.7 Å². The molecule has 0 radical (unpaired) electrons. The van der Waals surface area contributed by atoms with Gasteiger partial charge in [-0.25, -0.2) is 0 Å². The van der Waals surface area contributed by atoms with Crippen LogP contribution in [0.3, 0.4) is 0 Å². The number of benzene rings is 1. The Hall–Kier alpha value is -0.790. The predicted molar refractivity (Wildman–Crippen MR) is 69.3 cm³/mol. The summed E-state index contributed by atoms with van der Waals surface area (Å²) in [7, 11) is 0. The molecule has 0 atom stereocenters. The number of amides is 1. The molecule has 0 saturated heterocycles. The second kappa shape index (κ2) is 7.12. The molecule has 106 valence electrons. The first-order chi connectivity index (χ1) is 8.78. The molecule has 0 bridgehead atoms. The molecule has 0 saturated carbocycles. The van der Waals surface area contributed by atoms with Crippen LogP contribution in [0, 0.1) is 0 Å². The quantitative estimate of drug-likeness (QED) is 0.806. The molecular formula is C11H10BrClF3NO2. The van der Waals surface area contributed by atoms with Gasteiger partial charge in [0.1, 0.15) is 6.61 Å². The molecule has 19 heavy (non-hydrogen) atoms. The first-order valence-corrected chi connectivity index (χ1v) is 6.34. The van der Waals surface area contributed by atoms with Gasteiger partial charge in [0.2, 0.25) is 5.91 Å². The van der Waals surface area contributed by atoms with Crippen LogP contribution in [-0.2, 0) is 9.53 Å². The lowest BCUT2D eigenvalue weighted by Crippen LogP contribution is -2.20. The van der Waals surface area contributed by atoms with Crippen molar-refractivity contribution in [3.63, 3.8) is 0 Å². The van der Waals surface area contributed by atoms with Crippen LogP contribution in [-0.4, -0.2) is 25.3 Å². The Bertz CT molecular complexity index is 454. The van der Waals surface area contributed by atoms with Gasteiger partial charge in [-0.2, -0.15) is 13.2 Å². The summed E-state index contributed by atoms with van der Waals surface area (Å²) in [5, 5.41) is 2.95. The molecule has 0 heterocycles. The molecule has 1 N–H and O–H groups in total. The number of nitrogens with one attached hydrogen (secondary N) is 1. The number of hydrogen-bond acceptors (Lipinski definition) is 2. The molecular weight excluding hydrogens is 350 g/mol. The van der Waals surface area contributed by atoms with Crippen molar-refractivity contribution in [3.8, 4) is 0 Å². The van der Waals surface area contributed by atoms with Crippen molar-refractivity contribution in [2.24, 2.45) is 0 Å². The number of anilines is 1. The van der Waals surface area contributed by atoms with E-state index in [1.54, 1.807) is 12.1 Å². The number of carbonyl (C=O) groups excluding carboxylic acids is 1. The van der Waals surface area contributed by atoms with E-state index in [1.165, 1.54) is 6.07 Å². The molecule has 8 heteroatoms. The van der Waals surface area contributed by atoms with Gasteiger partial charge in [-0.05, 0) is 34.1 Å². The Morgan fingerprint density at radius 3 is 2.74 bits per heavy atom. The zero-order valence-electron chi connectivity index (χ0n) is 9.56. The molecule has 0 aliphatic carbocycles. The summed E-state index contributed by atoms with van der Waals surface area (Å²) in [6.07, 6.45) is -4.55. The number of alkyl halides is 3.